The number of amides is 3. The van der Waals surface area contributed by atoms with Crippen LogP contribution in [0.3, 0.4) is 0 Å². The average molecular weight is 814 g/mol. The molecule has 3 amide bonds. The van der Waals surface area contributed by atoms with Crippen molar-refractivity contribution < 1.29 is 37.1 Å². The van der Waals surface area contributed by atoms with Gasteiger partial charge in [-0.2, -0.15) is 0 Å². The van der Waals surface area contributed by atoms with Gasteiger partial charge in [-0.05, 0) is 63.0 Å². The molecule has 1 aromatic heterocycles. The summed E-state index contributed by atoms with van der Waals surface area (Å²) in [5.74, 6) is -1.87. The summed E-state index contributed by atoms with van der Waals surface area (Å²) in [6, 6.07) is 13.7. The molecule has 2 saturated carbocycles. The Morgan fingerprint density at radius 1 is 1.05 bits per heavy atom. The van der Waals surface area contributed by atoms with E-state index < -0.39 is 63.2 Å². The number of pyridine rings is 1. The third kappa shape index (κ3) is 7.97. The number of nitrogens with one attached hydrogen (secondary N) is 2. The minimum atomic E-state index is -3.21. The van der Waals surface area contributed by atoms with E-state index in [1.807, 2.05) is 75.1 Å². The summed E-state index contributed by atoms with van der Waals surface area (Å²) in [4.78, 5) is 64.4. The van der Waals surface area contributed by atoms with Gasteiger partial charge in [-0.15, -0.1) is 6.58 Å². The minimum Gasteiger partial charge on any atom is -0.496 e. The molecule has 3 heterocycles. The number of rotatable bonds is 14. The van der Waals surface area contributed by atoms with E-state index in [0.29, 0.717) is 54.0 Å². The molecule has 4 aliphatic rings. The van der Waals surface area contributed by atoms with Crippen LogP contribution in [0.15, 0.2) is 61.2 Å². The summed E-state index contributed by atoms with van der Waals surface area (Å²) in [6.07, 6.45) is 5.66. The Hall–Kier alpha value is -4.82. The van der Waals surface area contributed by atoms with Crippen molar-refractivity contribution in [1.29, 1.82) is 0 Å². The number of likely N-dealkylation sites (tertiary alicyclic amines) is 1. The van der Waals surface area contributed by atoms with Gasteiger partial charge in [-0.25, -0.2) is 17.7 Å². The number of aryl methyl sites for hydroxylation is 1. The van der Waals surface area contributed by atoms with Crippen LogP contribution in [0.1, 0.15) is 77.7 Å². The van der Waals surface area contributed by atoms with Gasteiger partial charge in [0, 0.05) is 72.9 Å². The lowest BCUT2D eigenvalue weighted by Gasteiger charge is -2.38. The first-order valence-corrected chi connectivity index (χ1v) is 21.5. The predicted molar refractivity (Wildman–Crippen MR) is 221 cm³/mol. The van der Waals surface area contributed by atoms with Crippen molar-refractivity contribution in [3.8, 4) is 22.8 Å². The number of ketones is 1. The summed E-state index contributed by atoms with van der Waals surface area (Å²) in [7, 11) is -1.62. The smallest absolute Gasteiger partial charge is 0.262 e. The van der Waals surface area contributed by atoms with Crippen LogP contribution in [0, 0.1) is 24.2 Å². The number of Topliss-reactive ketones (excluding diaryl/α,β-unsaturated/α-hetero) is 1. The quantitative estimate of drug-likeness (QED) is 0.151. The van der Waals surface area contributed by atoms with E-state index in [1.165, 1.54) is 0 Å². The van der Waals surface area contributed by atoms with Gasteiger partial charge in [-0.3, -0.25) is 19.2 Å². The molecule has 2 N–H and O–H groups in total. The Morgan fingerprint density at radius 3 is 2.36 bits per heavy atom. The molecule has 58 heavy (non-hydrogen) atoms. The highest BCUT2D eigenvalue weighted by molar-refractivity contribution is 7.70. The molecule has 1 unspecified atom stereocenters. The number of thiol groups is 1. The van der Waals surface area contributed by atoms with Crippen molar-refractivity contribution >= 4 is 45.3 Å². The summed E-state index contributed by atoms with van der Waals surface area (Å²) >= 11 is 0. The number of piperidine rings is 1. The SMILES string of the molecule is C=C[C@@H]1CC1(NC(=O)[C@@H]1C[C@](Oc2cc(-c3ccccc3)nc3c(C)c(OC)ccc23)(C(=O)[C@@H](CC(=O)N2CCCCC2)C(C)(C)C)CN1)C(=O)N(C1CC1)[SH](=O)=O. The molecule has 0 spiro atoms. The number of hydrogen-bond acceptors (Lipinski definition) is 10. The monoisotopic (exact) mass is 813 g/mol. The Labute approximate surface area is 342 Å². The zero-order valence-electron chi connectivity index (χ0n) is 34.0. The van der Waals surface area contributed by atoms with Crippen LogP contribution < -0.4 is 20.1 Å². The van der Waals surface area contributed by atoms with Crippen LogP contribution in [0.25, 0.3) is 22.2 Å². The van der Waals surface area contributed by atoms with E-state index in [-0.39, 0.29) is 37.5 Å². The van der Waals surface area contributed by atoms with Crippen LogP contribution >= 0.6 is 0 Å². The standard InChI is InChI=1S/C44H55N5O8S/c1-7-29-24-44(29,41(53)49(58(54)55)30-16-17-30)47-40(52)34-25-43(26-45-34,39(51)32(42(3,4)5)22-37(50)48-20-12-9-13-21-48)57-36-23-33(28-14-10-8-11-15-28)46-38-27(2)35(56-6)19-18-31(36)38/h7-8,10-11,14-15,18-19,23,29-30,32,34,45,58H,1,9,12-13,16-17,20-22,24-26H2,2-6H3,(H,47,52)/t29-,32-,34+,43-,44?/m1/s1. The van der Waals surface area contributed by atoms with Gasteiger partial charge in [0.15, 0.2) is 11.4 Å². The molecule has 3 aromatic rings. The third-order valence-corrected chi connectivity index (χ3v) is 13.3. The van der Waals surface area contributed by atoms with Crippen LogP contribution in [-0.2, 0) is 30.1 Å². The van der Waals surface area contributed by atoms with Crippen LogP contribution in [0.5, 0.6) is 11.5 Å². The molecule has 13 nitrogen and oxygen atoms in total. The van der Waals surface area contributed by atoms with E-state index in [1.54, 1.807) is 19.3 Å². The predicted octanol–water partition coefficient (Wildman–Crippen LogP) is 4.91. The molecule has 14 heteroatoms. The number of ether oxygens (including phenoxy) is 2. The summed E-state index contributed by atoms with van der Waals surface area (Å²) in [6.45, 7) is 12.8. The van der Waals surface area contributed by atoms with Gasteiger partial charge < -0.3 is 25.0 Å². The van der Waals surface area contributed by atoms with Crippen LogP contribution in [-0.4, -0.2) is 96.1 Å². The maximum absolute atomic E-state index is 15.5. The van der Waals surface area contributed by atoms with Gasteiger partial charge >= 0.3 is 0 Å². The van der Waals surface area contributed by atoms with Crippen molar-refractivity contribution in [2.45, 2.75) is 102 Å². The number of hydrogen-bond donors (Lipinski definition) is 3. The molecule has 0 radical (unpaired) electrons. The highest BCUT2D eigenvalue weighted by atomic mass is 32.2. The van der Waals surface area contributed by atoms with Crippen LogP contribution in [0.2, 0.25) is 0 Å². The number of aromatic nitrogens is 1. The van der Waals surface area contributed by atoms with E-state index >= 15 is 4.79 Å². The first kappa shape index (κ1) is 41.3. The molecular formula is C44H55N5O8S. The molecule has 2 aromatic carbocycles. The van der Waals surface area contributed by atoms with E-state index in [9.17, 15) is 22.8 Å². The lowest BCUT2D eigenvalue weighted by atomic mass is 9.71. The Morgan fingerprint density at radius 2 is 1.76 bits per heavy atom. The Bertz CT molecular complexity index is 2190. The number of nitrogens with zero attached hydrogens (tertiary/aromatic N) is 3. The molecule has 5 atom stereocenters. The van der Waals surface area contributed by atoms with Crippen molar-refractivity contribution in [1.82, 2.24) is 24.8 Å². The summed E-state index contributed by atoms with van der Waals surface area (Å²) < 4.78 is 38.1. The number of methoxy groups -OCH3 is 1. The zero-order chi connectivity index (χ0) is 41.6. The Kier molecular flexibility index (Phi) is 11.5. The maximum atomic E-state index is 15.5. The molecule has 2 aliphatic carbocycles. The first-order valence-electron chi connectivity index (χ1n) is 20.3. The fraction of sp³-hybridized carbons (Fsp3) is 0.523. The molecule has 0 bridgehead atoms. The fourth-order valence-corrected chi connectivity index (χ4v) is 9.52. The second-order valence-electron chi connectivity index (χ2n) is 17.4. The fourth-order valence-electron chi connectivity index (χ4n) is 8.69. The summed E-state index contributed by atoms with van der Waals surface area (Å²) in [5.41, 5.74) is -0.942. The second kappa shape index (κ2) is 16.1. The van der Waals surface area contributed by atoms with E-state index in [0.717, 1.165) is 34.7 Å². The highest BCUT2D eigenvalue weighted by Crippen LogP contribution is 2.48. The van der Waals surface area contributed by atoms with Gasteiger partial charge in [0.1, 0.15) is 17.0 Å². The topological polar surface area (TPSA) is 164 Å². The van der Waals surface area contributed by atoms with E-state index in [4.69, 9.17) is 14.5 Å². The third-order valence-electron chi connectivity index (χ3n) is 12.4. The van der Waals surface area contributed by atoms with Gasteiger partial charge in [0.2, 0.25) is 22.7 Å². The molecule has 310 valence electrons. The number of benzene rings is 2. The van der Waals surface area contributed by atoms with E-state index in [2.05, 4.69) is 17.2 Å². The van der Waals surface area contributed by atoms with Crippen molar-refractivity contribution in [3.05, 3.63) is 66.7 Å². The van der Waals surface area contributed by atoms with Gasteiger partial charge in [0.25, 0.3) is 5.91 Å². The highest BCUT2D eigenvalue weighted by Gasteiger charge is 2.64. The van der Waals surface area contributed by atoms with Crippen molar-refractivity contribution in [2.24, 2.45) is 17.3 Å². The van der Waals surface area contributed by atoms with Crippen molar-refractivity contribution in [3.63, 3.8) is 0 Å². The second-order valence-corrected chi connectivity index (χ2v) is 18.4. The number of fused-ring (bicyclic) bond motifs is 1. The molecule has 2 aliphatic heterocycles. The number of carbonyl (C=O) groups excluding carboxylic acids is 4. The van der Waals surface area contributed by atoms with Crippen LogP contribution in [0.4, 0.5) is 0 Å². The minimum absolute atomic E-state index is 0.0179. The van der Waals surface area contributed by atoms with Crippen molar-refractivity contribution in [2.75, 3.05) is 26.7 Å². The summed E-state index contributed by atoms with van der Waals surface area (Å²) in [5, 5.41) is 6.78. The lowest BCUT2D eigenvalue weighted by Crippen LogP contribution is -2.55. The average Bonchev–Trinajstić information content (AvgIpc) is 4.13. The molecule has 4 fully saturated rings. The van der Waals surface area contributed by atoms with Gasteiger partial charge in [0.05, 0.1) is 24.4 Å². The number of carbonyl (C=O) groups is 4. The largest absolute Gasteiger partial charge is 0.496 e. The normalized spacial score (nSPS) is 24.9. The molecule has 7 rings (SSSR count). The zero-order valence-corrected chi connectivity index (χ0v) is 34.9. The van der Waals surface area contributed by atoms with Gasteiger partial charge in [-0.1, -0.05) is 57.2 Å². The Balaban J connectivity index is 1.28. The molecular weight excluding hydrogens is 759 g/mol. The first-order chi connectivity index (χ1) is 27.6. The molecule has 2 saturated heterocycles. The maximum Gasteiger partial charge on any atom is 0.262 e. The lowest BCUT2D eigenvalue weighted by molar-refractivity contribution is -0.146.